The summed E-state index contributed by atoms with van der Waals surface area (Å²) >= 11 is 0. The molecule has 0 spiro atoms. The third kappa shape index (κ3) is 4.96. The monoisotopic (exact) mass is 426 g/mol. The molecule has 164 valence electrons. The molecule has 0 radical (unpaired) electrons. The standard InChI is InChI=1S/C23H26N2O6/c1-14-5-7-15(8-6-14)12-25-13-16(9-21(25)26)22(27)24-18-11-20(30-3)19(29-2)10-17(18)23(28)31-4/h5-8,10-11,16H,9,12-13H2,1-4H3,(H,24,27). The fourth-order valence-electron chi connectivity index (χ4n) is 3.51. The molecule has 1 heterocycles. The number of methoxy groups -OCH3 is 3. The molecule has 1 N–H and O–H groups in total. The number of likely N-dealkylation sites (tertiary alicyclic amines) is 1. The van der Waals surface area contributed by atoms with E-state index in [0.29, 0.717) is 24.6 Å². The average molecular weight is 426 g/mol. The second-order valence-corrected chi connectivity index (χ2v) is 7.39. The van der Waals surface area contributed by atoms with Gasteiger partial charge in [-0.05, 0) is 12.5 Å². The third-order valence-corrected chi connectivity index (χ3v) is 5.27. The molecule has 1 unspecified atom stereocenters. The van der Waals surface area contributed by atoms with Gasteiger partial charge >= 0.3 is 5.97 Å². The maximum atomic E-state index is 12.9. The van der Waals surface area contributed by atoms with E-state index >= 15 is 0 Å². The van der Waals surface area contributed by atoms with Gasteiger partial charge in [-0.2, -0.15) is 0 Å². The van der Waals surface area contributed by atoms with Gasteiger partial charge in [0, 0.05) is 31.6 Å². The first-order valence-corrected chi connectivity index (χ1v) is 9.84. The van der Waals surface area contributed by atoms with Gasteiger partial charge in [-0.1, -0.05) is 29.8 Å². The van der Waals surface area contributed by atoms with Crippen molar-refractivity contribution in [2.75, 3.05) is 33.2 Å². The molecule has 31 heavy (non-hydrogen) atoms. The summed E-state index contributed by atoms with van der Waals surface area (Å²) < 4.78 is 15.3. The molecule has 1 fully saturated rings. The zero-order valence-corrected chi connectivity index (χ0v) is 18.1. The lowest BCUT2D eigenvalue weighted by molar-refractivity contribution is -0.128. The maximum Gasteiger partial charge on any atom is 0.340 e. The van der Waals surface area contributed by atoms with Gasteiger partial charge in [0.1, 0.15) is 0 Å². The number of hydrogen-bond donors (Lipinski definition) is 1. The number of carbonyl (C=O) groups is 3. The Bertz CT molecular complexity index is 986. The lowest BCUT2D eigenvalue weighted by atomic mass is 10.1. The van der Waals surface area contributed by atoms with E-state index in [-0.39, 0.29) is 29.5 Å². The quantitative estimate of drug-likeness (QED) is 0.685. The number of nitrogens with zero attached hydrogens (tertiary/aromatic N) is 1. The van der Waals surface area contributed by atoms with Crippen LogP contribution in [0.25, 0.3) is 0 Å². The Balaban J connectivity index is 1.76. The predicted octanol–water partition coefficient (Wildman–Crippen LogP) is 2.79. The zero-order valence-electron chi connectivity index (χ0n) is 18.1. The summed E-state index contributed by atoms with van der Waals surface area (Å²) in [6.07, 6.45) is 0.110. The number of anilines is 1. The number of rotatable bonds is 7. The minimum atomic E-state index is -0.625. The highest BCUT2D eigenvalue weighted by molar-refractivity contribution is 6.04. The van der Waals surface area contributed by atoms with E-state index in [1.54, 1.807) is 4.90 Å². The maximum absolute atomic E-state index is 12.9. The van der Waals surface area contributed by atoms with Crippen molar-refractivity contribution in [1.29, 1.82) is 0 Å². The van der Waals surface area contributed by atoms with E-state index in [2.05, 4.69) is 5.32 Å². The third-order valence-electron chi connectivity index (χ3n) is 5.27. The van der Waals surface area contributed by atoms with E-state index in [1.165, 1.54) is 33.5 Å². The van der Waals surface area contributed by atoms with Crippen LogP contribution < -0.4 is 14.8 Å². The summed E-state index contributed by atoms with van der Waals surface area (Å²) in [5.41, 5.74) is 2.52. The molecular formula is C23H26N2O6. The van der Waals surface area contributed by atoms with Crippen molar-refractivity contribution in [3.63, 3.8) is 0 Å². The van der Waals surface area contributed by atoms with Crippen molar-refractivity contribution in [1.82, 2.24) is 4.90 Å². The van der Waals surface area contributed by atoms with Crippen LogP contribution in [-0.4, -0.2) is 50.6 Å². The number of esters is 1. The SMILES string of the molecule is COC(=O)c1cc(OC)c(OC)cc1NC(=O)C1CC(=O)N(Cc2ccc(C)cc2)C1. The van der Waals surface area contributed by atoms with Gasteiger partial charge in [-0.25, -0.2) is 4.79 Å². The predicted molar refractivity (Wildman–Crippen MR) is 114 cm³/mol. The Hall–Kier alpha value is -3.55. The normalized spacial score (nSPS) is 15.5. The molecule has 8 heteroatoms. The highest BCUT2D eigenvalue weighted by Gasteiger charge is 2.35. The second kappa shape index (κ2) is 9.51. The minimum absolute atomic E-state index is 0.0822. The van der Waals surface area contributed by atoms with Crippen LogP contribution >= 0.6 is 0 Å². The molecule has 0 aromatic heterocycles. The number of aryl methyl sites for hydroxylation is 1. The van der Waals surface area contributed by atoms with Crippen LogP contribution in [0.4, 0.5) is 5.69 Å². The number of ether oxygens (including phenoxy) is 3. The van der Waals surface area contributed by atoms with Crippen molar-refractivity contribution in [3.05, 3.63) is 53.1 Å². The molecule has 1 aliphatic heterocycles. The highest BCUT2D eigenvalue weighted by Crippen LogP contribution is 2.34. The van der Waals surface area contributed by atoms with Crippen LogP contribution in [0, 0.1) is 12.8 Å². The molecule has 0 bridgehead atoms. The molecule has 3 rings (SSSR count). The number of hydrogen-bond acceptors (Lipinski definition) is 6. The Kier molecular flexibility index (Phi) is 6.79. The van der Waals surface area contributed by atoms with E-state index in [0.717, 1.165) is 11.1 Å². The molecule has 1 aliphatic rings. The van der Waals surface area contributed by atoms with Gasteiger partial charge in [0.25, 0.3) is 0 Å². The van der Waals surface area contributed by atoms with Crippen LogP contribution in [0.2, 0.25) is 0 Å². The first-order chi connectivity index (χ1) is 14.9. The fourth-order valence-corrected chi connectivity index (χ4v) is 3.51. The Labute approximate surface area is 181 Å². The van der Waals surface area contributed by atoms with Crippen LogP contribution in [0.15, 0.2) is 36.4 Å². The smallest absolute Gasteiger partial charge is 0.340 e. The van der Waals surface area contributed by atoms with Crippen molar-refractivity contribution in [3.8, 4) is 11.5 Å². The molecule has 8 nitrogen and oxygen atoms in total. The van der Waals surface area contributed by atoms with Crippen LogP contribution in [0.3, 0.4) is 0 Å². The lowest BCUT2D eigenvalue weighted by Crippen LogP contribution is -2.28. The largest absolute Gasteiger partial charge is 0.493 e. The Morgan fingerprint density at radius 2 is 1.71 bits per heavy atom. The van der Waals surface area contributed by atoms with Gasteiger partial charge in [-0.15, -0.1) is 0 Å². The first-order valence-electron chi connectivity index (χ1n) is 9.84. The van der Waals surface area contributed by atoms with Gasteiger partial charge in [0.05, 0.1) is 38.5 Å². The van der Waals surface area contributed by atoms with E-state index in [1.807, 2.05) is 31.2 Å². The molecule has 1 atom stereocenters. The minimum Gasteiger partial charge on any atom is -0.493 e. The van der Waals surface area contributed by atoms with Gasteiger partial charge in [0.15, 0.2) is 11.5 Å². The molecule has 2 amide bonds. The van der Waals surface area contributed by atoms with Crippen LogP contribution in [-0.2, 0) is 20.9 Å². The Morgan fingerprint density at radius 1 is 1.06 bits per heavy atom. The molecule has 0 saturated carbocycles. The lowest BCUT2D eigenvalue weighted by Gasteiger charge is -2.18. The van der Waals surface area contributed by atoms with Crippen molar-refractivity contribution in [2.45, 2.75) is 19.9 Å². The average Bonchev–Trinajstić information content (AvgIpc) is 3.14. The van der Waals surface area contributed by atoms with E-state index in [4.69, 9.17) is 14.2 Å². The van der Waals surface area contributed by atoms with Crippen LogP contribution in [0.5, 0.6) is 11.5 Å². The van der Waals surface area contributed by atoms with Crippen LogP contribution in [0.1, 0.15) is 27.9 Å². The number of carbonyl (C=O) groups excluding carboxylic acids is 3. The molecule has 2 aromatic rings. The summed E-state index contributed by atoms with van der Waals surface area (Å²) in [5, 5.41) is 2.75. The topological polar surface area (TPSA) is 94.2 Å². The molecule has 1 saturated heterocycles. The summed E-state index contributed by atoms with van der Waals surface area (Å²) in [5.74, 6) is -0.898. The van der Waals surface area contributed by atoms with Crippen molar-refractivity contribution in [2.24, 2.45) is 5.92 Å². The molecule has 2 aromatic carbocycles. The first kappa shape index (κ1) is 22.1. The summed E-state index contributed by atoms with van der Waals surface area (Å²) in [7, 11) is 4.16. The van der Waals surface area contributed by atoms with Gasteiger partial charge in [-0.3, -0.25) is 9.59 Å². The molecular weight excluding hydrogens is 400 g/mol. The second-order valence-electron chi connectivity index (χ2n) is 7.39. The number of amides is 2. The zero-order chi connectivity index (χ0) is 22.5. The van der Waals surface area contributed by atoms with Crippen molar-refractivity contribution < 1.29 is 28.6 Å². The number of benzene rings is 2. The highest BCUT2D eigenvalue weighted by atomic mass is 16.5. The summed E-state index contributed by atoms with van der Waals surface area (Å²) in [4.78, 5) is 39.2. The van der Waals surface area contributed by atoms with Gasteiger partial charge in [0.2, 0.25) is 11.8 Å². The fraction of sp³-hybridized carbons (Fsp3) is 0.348. The number of nitrogens with one attached hydrogen (secondary N) is 1. The van der Waals surface area contributed by atoms with E-state index in [9.17, 15) is 14.4 Å². The summed E-state index contributed by atoms with van der Waals surface area (Å²) in [6, 6.07) is 10.9. The molecule has 0 aliphatic carbocycles. The Morgan fingerprint density at radius 3 is 2.32 bits per heavy atom. The van der Waals surface area contributed by atoms with E-state index < -0.39 is 11.9 Å². The van der Waals surface area contributed by atoms with Crippen molar-refractivity contribution >= 4 is 23.5 Å². The van der Waals surface area contributed by atoms with Gasteiger partial charge < -0.3 is 24.4 Å². The summed E-state index contributed by atoms with van der Waals surface area (Å²) in [6.45, 7) is 2.76.